The maximum atomic E-state index is 12.0. The number of fused-ring (bicyclic) bond motifs is 1. The lowest BCUT2D eigenvalue weighted by atomic mass is 10.1. The molecule has 2 heterocycles. The Balaban J connectivity index is 2.04. The minimum absolute atomic E-state index is 0.220. The molecule has 0 unspecified atom stereocenters. The Morgan fingerprint density at radius 2 is 2.00 bits per heavy atom. The van der Waals surface area contributed by atoms with E-state index in [2.05, 4.69) is 48.2 Å². The number of aromatic nitrogens is 4. The number of rotatable bonds is 5. The SMILES string of the molecule is CCc1ccc(-c2cc3c(=O)[nH]nc(SCC(C)C)n3n2)cc1. The molecule has 0 fully saturated rings. The van der Waals surface area contributed by atoms with Crippen LogP contribution in [0.15, 0.2) is 40.3 Å². The van der Waals surface area contributed by atoms with Crippen LogP contribution in [0, 0.1) is 5.92 Å². The Morgan fingerprint density at radius 1 is 1.26 bits per heavy atom. The van der Waals surface area contributed by atoms with Crippen LogP contribution in [-0.4, -0.2) is 25.6 Å². The molecule has 1 N–H and O–H groups in total. The Morgan fingerprint density at radius 3 is 2.65 bits per heavy atom. The van der Waals surface area contributed by atoms with E-state index >= 15 is 0 Å². The van der Waals surface area contributed by atoms with E-state index in [1.807, 2.05) is 18.2 Å². The normalized spacial score (nSPS) is 11.5. The van der Waals surface area contributed by atoms with Crippen LogP contribution in [0.5, 0.6) is 0 Å². The lowest BCUT2D eigenvalue weighted by molar-refractivity contribution is 0.714. The highest BCUT2D eigenvalue weighted by molar-refractivity contribution is 7.99. The van der Waals surface area contributed by atoms with Gasteiger partial charge in [0.25, 0.3) is 5.56 Å². The predicted molar refractivity (Wildman–Crippen MR) is 94.0 cm³/mol. The molecule has 3 aromatic rings. The molecule has 0 aliphatic carbocycles. The first-order chi connectivity index (χ1) is 11.1. The van der Waals surface area contributed by atoms with Crippen molar-refractivity contribution in [2.75, 3.05) is 5.75 Å². The van der Waals surface area contributed by atoms with Crippen molar-refractivity contribution >= 4 is 17.3 Å². The average Bonchev–Trinajstić information content (AvgIpc) is 3.00. The molecule has 5 nitrogen and oxygen atoms in total. The fraction of sp³-hybridized carbons (Fsp3) is 0.353. The smallest absolute Gasteiger partial charge is 0.266 e. The van der Waals surface area contributed by atoms with Crippen LogP contribution in [0.25, 0.3) is 16.8 Å². The van der Waals surface area contributed by atoms with Gasteiger partial charge in [0.15, 0.2) is 0 Å². The molecule has 23 heavy (non-hydrogen) atoms. The van der Waals surface area contributed by atoms with Gasteiger partial charge in [0.05, 0.1) is 5.69 Å². The molecular formula is C17H20N4OS. The summed E-state index contributed by atoms with van der Waals surface area (Å²) in [6.07, 6.45) is 1.00. The van der Waals surface area contributed by atoms with E-state index in [0.717, 1.165) is 23.4 Å². The summed E-state index contributed by atoms with van der Waals surface area (Å²) < 4.78 is 1.65. The van der Waals surface area contributed by atoms with Crippen LogP contribution in [0.2, 0.25) is 0 Å². The highest BCUT2D eigenvalue weighted by Gasteiger charge is 2.12. The lowest BCUT2D eigenvalue weighted by Gasteiger charge is -2.04. The van der Waals surface area contributed by atoms with Gasteiger partial charge in [-0.05, 0) is 24.0 Å². The van der Waals surface area contributed by atoms with Gasteiger partial charge in [0.1, 0.15) is 5.52 Å². The van der Waals surface area contributed by atoms with E-state index < -0.39 is 0 Å². The molecule has 120 valence electrons. The minimum atomic E-state index is -0.220. The van der Waals surface area contributed by atoms with Gasteiger partial charge >= 0.3 is 0 Å². The molecular weight excluding hydrogens is 308 g/mol. The molecule has 0 spiro atoms. The van der Waals surface area contributed by atoms with Gasteiger partial charge in [0.2, 0.25) is 5.16 Å². The highest BCUT2D eigenvalue weighted by atomic mass is 32.2. The third-order valence-corrected chi connectivity index (χ3v) is 4.94. The number of aromatic amines is 1. The number of thioether (sulfide) groups is 1. The molecule has 0 radical (unpaired) electrons. The largest absolute Gasteiger partial charge is 0.290 e. The van der Waals surface area contributed by atoms with Crippen LogP contribution in [0.4, 0.5) is 0 Å². The topological polar surface area (TPSA) is 63.0 Å². The van der Waals surface area contributed by atoms with Crippen LogP contribution >= 0.6 is 11.8 Å². The number of hydrogen-bond donors (Lipinski definition) is 1. The zero-order valence-electron chi connectivity index (χ0n) is 13.5. The number of benzene rings is 1. The molecule has 1 aromatic carbocycles. The zero-order chi connectivity index (χ0) is 16.4. The lowest BCUT2D eigenvalue weighted by Crippen LogP contribution is -2.14. The monoisotopic (exact) mass is 328 g/mol. The van der Waals surface area contributed by atoms with E-state index in [1.165, 1.54) is 5.56 Å². The van der Waals surface area contributed by atoms with Crippen molar-refractivity contribution in [1.82, 2.24) is 19.8 Å². The van der Waals surface area contributed by atoms with Crippen LogP contribution in [0.3, 0.4) is 0 Å². The Bertz CT molecular complexity index is 864. The Labute approximate surface area is 139 Å². The van der Waals surface area contributed by atoms with Crippen molar-refractivity contribution in [3.63, 3.8) is 0 Å². The van der Waals surface area contributed by atoms with Gasteiger partial charge in [-0.25, -0.2) is 9.61 Å². The molecule has 6 heteroatoms. The highest BCUT2D eigenvalue weighted by Crippen LogP contribution is 2.23. The second-order valence-electron chi connectivity index (χ2n) is 5.92. The van der Waals surface area contributed by atoms with Crippen LogP contribution < -0.4 is 5.56 Å². The summed E-state index contributed by atoms with van der Waals surface area (Å²) in [5.41, 5.74) is 3.39. The molecule has 0 saturated carbocycles. The molecule has 0 bridgehead atoms. The summed E-state index contributed by atoms with van der Waals surface area (Å²) in [5, 5.41) is 12.0. The third kappa shape index (κ3) is 3.32. The first-order valence-electron chi connectivity index (χ1n) is 7.79. The number of H-pyrrole nitrogens is 1. The minimum Gasteiger partial charge on any atom is -0.266 e. The number of nitrogens with zero attached hydrogens (tertiary/aromatic N) is 3. The Kier molecular flexibility index (Phi) is 4.52. The molecule has 0 atom stereocenters. The second-order valence-corrected chi connectivity index (χ2v) is 6.90. The molecule has 0 aliphatic heterocycles. The van der Waals surface area contributed by atoms with Crippen molar-refractivity contribution in [2.24, 2.45) is 5.92 Å². The maximum Gasteiger partial charge on any atom is 0.290 e. The summed E-state index contributed by atoms with van der Waals surface area (Å²) in [4.78, 5) is 12.0. The molecule has 3 rings (SSSR count). The molecule has 2 aromatic heterocycles. The molecule has 0 saturated heterocycles. The van der Waals surface area contributed by atoms with E-state index in [4.69, 9.17) is 0 Å². The summed E-state index contributed by atoms with van der Waals surface area (Å²) in [5.74, 6) is 1.47. The molecule has 0 aliphatic rings. The molecule has 0 amide bonds. The van der Waals surface area contributed by atoms with Crippen molar-refractivity contribution in [3.05, 3.63) is 46.2 Å². The van der Waals surface area contributed by atoms with Crippen molar-refractivity contribution in [3.8, 4) is 11.3 Å². The van der Waals surface area contributed by atoms with Crippen LogP contribution in [0.1, 0.15) is 26.3 Å². The first-order valence-corrected chi connectivity index (χ1v) is 8.77. The predicted octanol–water partition coefficient (Wildman–Crippen LogP) is 3.40. The van der Waals surface area contributed by atoms with Crippen molar-refractivity contribution < 1.29 is 0 Å². The van der Waals surface area contributed by atoms with Gasteiger partial charge in [-0.3, -0.25) is 4.79 Å². The fourth-order valence-electron chi connectivity index (χ4n) is 2.28. The van der Waals surface area contributed by atoms with Gasteiger partial charge in [-0.1, -0.05) is 56.8 Å². The standard InChI is InChI=1S/C17H20N4OS/c1-4-12-5-7-13(8-6-12)14-9-15-16(22)18-19-17(21(15)20-14)23-10-11(2)3/h5-9,11H,4,10H2,1-3H3,(H,18,22). The quantitative estimate of drug-likeness (QED) is 0.729. The van der Waals surface area contributed by atoms with Crippen molar-refractivity contribution in [2.45, 2.75) is 32.3 Å². The Hall–Kier alpha value is -2.08. The van der Waals surface area contributed by atoms with Crippen LogP contribution in [-0.2, 0) is 6.42 Å². The van der Waals surface area contributed by atoms with Gasteiger partial charge in [0, 0.05) is 11.3 Å². The average molecular weight is 328 g/mol. The number of aryl methyl sites for hydroxylation is 1. The van der Waals surface area contributed by atoms with E-state index in [0.29, 0.717) is 16.6 Å². The summed E-state index contributed by atoms with van der Waals surface area (Å²) in [6, 6.07) is 10.1. The van der Waals surface area contributed by atoms with E-state index in [1.54, 1.807) is 16.3 Å². The van der Waals surface area contributed by atoms with Gasteiger partial charge < -0.3 is 0 Å². The summed E-state index contributed by atoms with van der Waals surface area (Å²) >= 11 is 1.60. The van der Waals surface area contributed by atoms with E-state index in [-0.39, 0.29) is 5.56 Å². The number of hydrogen-bond acceptors (Lipinski definition) is 4. The zero-order valence-corrected chi connectivity index (χ0v) is 14.4. The van der Waals surface area contributed by atoms with Gasteiger partial charge in [-0.15, -0.1) is 5.10 Å². The maximum absolute atomic E-state index is 12.0. The van der Waals surface area contributed by atoms with Crippen molar-refractivity contribution in [1.29, 1.82) is 0 Å². The summed E-state index contributed by atoms with van der Waals surface area (Å²) in [7, 11) is 0. The third-order valence-electron chi connectivity index (χ3n) is 3.58. The number of nitrogens with one attached hydrogen (secondary N) is 1. The van der Waals surface area contributed by atoms with E-state index in [9.17, 15) is 4.79 Å². The fourth-order valence-corrected chi connectivity index (χ4v) is 3.13. The summed E-state index contributed by atoms with van der Waals surface area (Å²) in [6.45, 7) is 6.43. The second kappa shape index (κ2) is 6.58. The van der Waals surface area contributed by atoms with Gasteiger partial charge in [-0.2, -0.15) is 5.10 Å². The first kappa shape index (κ1) is 15.8.